The Morgan fingerprint density at radius 3 is 2.42 bits per heavy atom. The van der Waals surface area contributed by atoms with Gasteiger partial charge in [-0.2, -0.15) is 0 Å². The van der Waals surface area contributed by atoms with Gasteiger partial charge in [0.2, 0.25) is 0 Å². The van der Waals surface area contributed by atoms with Gasteiger partial charge < -0.3 is 10.6 Å². The van der Waals surface area contributed by atoms with Crippen molar-refractivity contribution in [2.24, 2.45) is 0 Å². The predicted octanol–water partition coefficient (Wildman–Crippen LogP) is 2.32. The molecule has 1 aliphatic rings. The van der Waals surface area contributed by atoms with E-state index in [2.05, 4.69) is 55.4 Å². The van der Waals surface area contributed by atoms with Gasteiger partial charge in [0.25, 0.3) is 0 Å². The summed E-state index contributed by atoms with van der Waals surface area (Å²) in [4.78, 5) is 2.56. The van der Waals surface area contributed by atoms with Crippen LogP contribution in [0.15, 0.2) is 12.1 Å². The summed E-state index contributed by atoms with van der Waals surface area (Å²) in [7, 11) is 0. The van der Waals surface area contributed by atoms with Gasteiger partial charge in [-0.25, -0.2) is 0 Å². The minimum Gasteiger partial charge on any atom is -0.383 e. The lowest BCUT2D eigenvalue weighted by atomic mass is 10.0. The molecule has 0 bridgehead atoms. The maximum Gasteiger partial charge on any atom is 0.0373 e. The first-order valence-electron chi connectivity index (χ1n) is 7.34. The van der Waals surface area contributed by atoms with Gasteiger partial charge in [0.15, 0.2) is 0 Å². The highest BCUT2D eigenvalue weighted by Crippen LogP contribution is 2.20. The van der Waals surface area contributed by atoms with Crippen LogP contribution in [0.4, 0.5) is 5.69 Å². The fourth-order valence-corrected chi connectivity index (χ4v) is 2.66. The van der Waals surface area contributed by atoms with Crippen LogP contribution in [-0.2, 0) is 0 Å². The zero-order valence-corrected chi connectivity index (χ0v) is 12.7. The Morgan fingerprint density at radius 1 is 1.11 bits per heavy atom. The van der Waals surface area contributed by atoms with Crippen molar-refractivity contribution in [3.05, 3.63) is 28.8 Å². The van der Waals surface area contributed by atoms with Crippen LogP contribution in [0.1, 0.15) is 23.6 Å². The third-order valence-electron chi connectivity index (χ3n) is 4.20. The van der Waals surface area contributed by atoms with Crippen molar-refractivity contribution in [1.82, 2.24) is 10.2 Å². The van der Waals surface area contributed by atoms with Crippen molar-refractivity contribution < 1.29 is 0 Å². The van der Waals surface area contributed by atoms with E-state index in [9.17, 15) is 0 Å². The quantitative estimate of drug-likeness (QED) is 0.871. The molecule has 0 saturated carbocycles. The second-order valence-corrected chi connectivity index (χ2v) is 5.77. The molecule has 1 saturated heterocycles. The van der Waals surface area contributed by atoms with Crippen LogP contribution >= 0.6 is 0 Å². The normalized spacial score (nSPS) is 18.3. The lowest BCUT2D eigenvalue weighted by Gasteiger charge is -2.33. The van der Waals surface area contributed by atoms with Crippen LogP contribution in [0.3, 0.4) is 0 Å². The number of anilines is 1. The van der Waals surface area contributed by atoms with Crippen LogP contribution in [0.2, 0.25) is 0 Å². The molecule has 0 amide bonds. The molecule has 0 aliphatic carbocycles. The molecule has 106 valence electrons. The Kier molecular flexibility index (Phi) is 4.83. The molecule has 3 heteroatoms. The van der Waals surface area contributed by atoms with Gasteiger partial charge >= 0.3 is 0 Å². The van der Waals surface area contributed by atoms with E-state index >= 15 is 0 Å². The molecule has 1 aliphatic heterocycles. The molecule has 1 aromatic carbocycles. The second kappa shape index (κ2) is 6.40. The Labute approximate surface area is 117 Å². The van der Waals surface area contributed by atoms with E-state index in [0.717, 1.165) is 32.7 Å². The molecule has 0 radical (unpaired) electrons. The lowest BCUT2D eigenvalue weighted by molar-refractivity contribution is 0.191. The Bertz CT molecular complexity index is 422. The number of piperazine rings is 1. The first-order chi connectivity index (χ1) is 9.08. The molecule has 19 heavy (non-hydrogen) atoms. The van der Waals surface area contributed by atoms with E-state index in [1.807, 2.05) is 0 Å². The fourth-order valence-electron chi connectivity index (χ4n) is 2.66. The number of hydrogen-bond donors (Lipinski definition) is 2. The number of benzene rings is 1. The smallest absolute Gasteiger partial charge is 0.0373 e. The number of hydrogen-bond acceptors (Lipinski definition) is 3. The molecule has 0 spiro atoms. The fraction of sp³-hybridized carbons (Fsp3) is 0.625. The number of rotatable bonds is 4. The minimum atomic E-state index is 0.586. The zero-order chi connectivity index (χ0) is 13.8. The topological polar surface area (TPSA) is 27.3 Å². The molecule has 0 aromatic heterocycles. The number of nitrogens with one attached hydrogen (secondary N) is 2. The largest absolute Gasteiger partial charge is 0.383 e. The van der Waals surface area contributed by atoms with Gasteiger partial charge in [0, 0.05) is 44.5 Å². The van der Waals surface area contributed by atoms with Crippen molar-refractivity contribution in [1.29, 1.82) is 0 Å². The predicted molar refractivity (Wildman–Crippen MR) is 83.0 cm³/mol. The van der Waals surface area contributed by atoms with E-state index in [1.54, 1.807) is 0 Å². The molecule has 2 N–H and O–H groups in total. The lowest BCUT2D eigenvalue weighted by Crippen LogP contribution is -2.49. The molecule has 1 fully saturated rings. The van der Waals surface area contributed by atoms with E-state index in [1.165, 1.54) is 22.4 Å². The van der Waals surface area contributed by atoms with Crippen molar-refractivity contribution in [3.63, 3.8) is 0 Å². The Hall–Kier alpha value is -1.06. The molecule has 1 heterocycles. The van der Waals surface area contributed by atoms with E-state index < -0.39 is 0 Å². The third kappa shape index (κ3) is 3.71. The van der Waals surface area contributed by atoms with E-state index in [0.29, 0.717) is 6.04 Å². The average molecular weight is 261 g/mol. The van der Waals surface area contributed by atoms with Gasteiger partial charge in [-0.1, -0.05) is 6.07 Å². The van der Waals surface area contributed by atoms with Crippen molar-refractivity contribution >= 4 is 5.69 Å². The van der Waals surface area contributed by atoms with Crippen LogP contribution in [-0.4, -0.2) is 43.7 Å². The van der Waals surface area contributed by atoms with Gasteiger partial charge in [0.1, 0.15) is 0 Å². The summed E-state index contributed by atoms with van der Waals surface area (Å²) in [5, 5.41) is 7.02. The molecule has 3 nitrogen and oxygen atoms in total. The molecule has 2 rings (SSSR count). The highest BCUT2D eigenvalue weighted by atomic mass is 15.2. The maximum absolute atomic E-state index is 3.62. The van der Waals surface area contributed by atoms with Crippen molar-refractivity contribution in [3.8, 4) is 0 Å². The first kappa shape index (κ1) is 14.4. The van der Waals surface area contributed by atoms with Crippen LogP contribution < -0.4 is 10.6 Å². The first-order valence-corrected chi connectivity index (χ1v) is 7.34. The molecular formula is C16H27N3. The minimum absolute atomic E-state index is 0.586. The van der Waals surface area contributed by atoms with E-state index in [-0.39, 0.29) is 0 Å². The molecular weight excluding hydrogens is 234 g/mol. The number of aryl methyl sites for hydroxylation is 3. The van der Waals surface area contributed by atoms with Crippen LogP contribution in [0.5, 0.6) is 0 Å². The van der Waals surface area contributed by atoms with Crippen molar-refractivity contribution in [2.45, 2.75) is 33.7 Å². The van der Waals surface area contributed by atoms with E-state index in [4.69, 9.17) is 0 Å². The Morgan fingerprint density at radius 2 is 1.74 bits per heavy atom. The highest BCUT2D eigenvalue weighted by Gasteiger charge is 2.16. The zero-order valence-electron chi connectivity index (χ0n) is 12.7. The Balaban J connectivity index is 1.92. The molecule has 1 atom stereocenters. The van der Waals surface area contributed by atoms with Crippen LogP contribution in [0, 0.1) is 20.8 Å². The average Bonchev–Trinajstić information content (AvgIpc) is 2.42. The third-order valence-corrected chi connectivity index (χ3v) is 4.20. The summed E-state index contributed by atoms with van der Waals surface area (Å²) in [6.45, 7) is 14.4. The summed E-state index contributed by atoms with van der Waals surface area (Å²) in [6, 6.07) is 5.13. The molecule has 1 aromatic rings. The van der Waals surface area contributed by atoms with Crippen LogP contribution in [0.25, 0.3) is 0 Å². The summed E-state index contributed by atoms with van der Waals surface area (Å²) >= 11 is 0. The monoisotopic (exact) mass is 261 g/mol. The highest BCUT2D eigenvalue weighted by molar-refractivity contribution is 5.54. The summed E-state index contributed by atoms with van der Waals surface area (Å²) in [5.74, 6) is 0. The van der Waals surface area contributed by atoms with Crippen molar-refractivity contribution in [2.75, 3.05) is 38.0 Å². The molecule has 1 unspecified atom stereocenters. The summed E-state index contributed by atoms with van der Waals surface area (Å²) in [6.07, 6.45) is 0. The van der Waals surface area contributed by atoms with Gasteiger partial charge in [-0.3, -0.25) is 4.90 Å². The summed E-state index contributed by atoms with van der Waals surface area (Å²) < 4.78 is 0. The SMILES string of the molecule is Cc1cc(C)c(NCC(C)N2CCNCC2)cc1C. The maximum atomic E-state index is 3.62. The second-order valence-electron chi connectivity index (χ2n) is 5.77. The van der Waals surface area contributed by atoms with Gasteiger partial charge in [-0.15, -0.1) is 0 Å². The number of nitrogens with zero attached hydrogens (tertiary/aromatic N) is 1. The standard InChI is InChI=1S/C16H27N3/c1-12-9-14(3)16(10-13(12)2)18-11-15(4)19-7-5-17-6-8-19/h9-10,15,17-18H,5-8,11H2,1-4H3. The van der Waals surface area contributed by atoms with Gasteiger partial charge in [0.05, 0.1) is 0 Å². The van der Waals surface area contributed by atoms with Gasteiger partial charge in [-0.05, 0) is 50.5 Å². The summed E-state index contributed by atoms with van der Waals surface area (Å²) in [5.41, 5.74) is 5.36.